The predicted molar refractivity (Wildman–Crippen MR) is 203 cm³/mol. The van der Waals surface area contributed by atoms with Gasteiger partial charge in [-0.05, 0) is 92.2 Å². The predicted octanol–water partition coefficient (Wildman–Crippen LogP) is 11.1. The van der Waals surface area contributed by atoms with Crippen LogP contribution in [-0.2, 0) is 11.2 Å². The lowest BCUT2D eigenvalue weighted by atomic mass is 9.86. The van der Waals surface area contributed by atoms with Crippen LogP contribution in [-0.4, -0.2) is 10.2 Å². The van der Waals surface area contributed by atoms with Crippen molar-refractivity contribution in [1.82, 2.24) is 0 Å². The topological polar surface area (TPSA) is 40.5 Å². The fraction of sp³-hybridized carbons (Fsp3) is 0.106. The number of aliphatic hydroxyl groups is 2. The van der Waals surface area contributed by atoms with E-state index in [1.54, 1.807) is 0 Å². The second kappa shape index (κ2) is 12.2. The van der Waals surface area contributed by atoms with Crippen LogP contribution in [0.4, 0.5) is 0 Å². The lowest BCUT2D eigenvalue weighted by Gasteiger charge is -2.24. The van der Waals surface area contributed by atoms with Crippen LogP contribution < -0.4 is 0 Å². The Morgan fingerprint density at radius 1 is 0.571 bits per heavy atom. The van der Waals surface area contributed by atoms with Gasteiger partial charge in [-0.3, -0.25) is 0 Å². The van der Waals surface area contributed by atoms with Crippen LogP contribution >= 0.6 is 0 Å². The van der Waals surface area contributed by atoms with Crippen molar-refractivity contribution in [1.29, 1.82) is 0 Å². The van der Waals surface area contributed by atoms with Gasteiger partial charge in [-0.1, -0.05) is 164 Å². The van der Waals surface area contributed by atoms with E-state index in [1.807, 2.05) is 68.4 Å². The van der Waals surface area contributed by atoms with Gasteiger partial charge in [0.25, 0.3) is 0 Å². The van der Waals surface area contributed by atoms with Crippen molar-refractivity contribution in [2.24, 2.45) is 0 Å². The molecule has 0 amide bonds. The molecule has 0 saturated heterocycles. The van der Waals surface area contributed by atoms with Gasteiger partial charge in [-0.15, -0.1) is 0 Å². The molecule has 1 unspecified atom stereocenters. The summed E-state index contributed by atoms with van der Waals surface area (Å²) in [5.41, 5.74) is 12.7. The highest BCUT2D eigenvalue weighted by Gasteiger charge is 2.41. The third-order valence-electron chi connectivity index (χ3n) is 10.2. The molecule has 0 spiro atoms. The quantitative estimate of drug-likeness (QED) is 0.172. The molecule has 0 heterocycles. The van der Waals surface area contributed by atoms with Crippen molar-refractivity contribution in [3.05, 3.63) is 198 Å². The molecular formula is C47H38O2. The molecule has 8 rings (SSSR count). The lowest BCUT2D eigenvalue weighted by molar-refractivity contribution is 0.0890. The maximum atomic E-state index is 11.9. The van der Waals surface area contributed by atoms with Crippen molar-refractivity contribution >= 4 is 5.57 Å². The monoisotopic (exact) mass is 634 g/mol. The van der Waals surface area contributed by atoms with E-state index in [9.17, 15) is 10.2 Å². The summed E-state index contributed by atoms with van der Waals surface area (Å²) in [5.74, 6) is 0. The van der Waals surface area contributed by atoms with Crippen LogP contribution in [0.3, 0.4) is 0 Å². The first-order valence-corrected chi connectivity index (χ1v) is 17.0. The highest BCUT2D eigenvalue weighted by molar-refractivity contribution is 5.88. The molecule has 2 aliphatic carbocycles. The van der Waals surface area contributed by atoms with Crippen molar-refractivity contribution in [2.45, 2.75) is 31.5 Å². The number of hydrogen-bond acceptors (Lipinski definition) is 2. The summed E-state index contributed by atoms with van der Waals surface area (Å²) in [6.07, 6.45) is 10.9. The van der Waals surface area contributed by atoms with Gasteiger partial charge in [0.2, 0.25) is 0 Å². The zero-order chi connectivity index (χ0) is 33.6. The molecule has 0 radical (unpaired) electrons. The van der Waals surface area contributed by atoms with E-state index in [1.165, 1.54) is 0 Å². The van der Waals surface area contributed by atoms with Crippen LogP contribution in [0.2, 0.25) is 0 Å². The number of rotatable bonds is 7. The largest absolute Gasteiger partial charge is 0.381 e. The molecule has 0 fully saturated rings. The summed E-state index contributed by atoms with van der Waals surface area (Å²) in [6.45, 7) is 3.94. The van der Waals surface area contributed by atoms with Gasteiger partial charge in [0.05, 0.1) is 0 Å². The number of fused-ring (bicyclic) bond motifs is 6. The van der Waals surface area contributed by atoms with Crippen molar-refractivity contribution in [3.63, 3.8) is 0 Å². The molecule has 238 valence electrons. The minimum absolute atomic E-state index is 0.488. The maximum Gasteiger partial charge on any atom is 0.119 e. The molecular weight excluding hydrogens is 597 g/mol. The van der Waals surface area contributed by atoms with Crippen molar-refractivity contribution in [3.8, 4) is 44.5 Å². The summed E-state index contributed by atoms with van der Waals surface area (Å²) in [7, 11) is 0. The van der Waals surface area contributed by atoms with Crippen LogP contribution in [0.15, 0.2) is 170 Å². The van der Waals surface area contributed by atoms with Gasteiger partial charge in [0, 0.05) is 12.0 Å². The van der Waals surface area contributed by atoms with Crippen LogP contribution in [0, 0.1) is 0 Å². The second-order valence-corrected chi connectivity index (χ2v) is 13.2. The number of benzene rings is 6. The van der Waals surface area contributed by atoms with Gasteiger partial charge < -0.3 is 10.2 Å². The fourth-order valence-electron chi connectivity index (χ4n) is 7.90. The van der Waals surface area contributed by atoms with Crippen molar-refractivity contribution in [2.75, 3.05) is 0 Å². The zero-order valence-corrected chi connectivity index (χ0v) is 27.8. The van der Waals surface area contributed by atoms with Crippen LogP contribution in [0.25, 0.3) is 50.1 Å². The van der Waals surface area contributed by atoms with E-state index in [0.717, 1.165) is 77.9 Å². The summed E-state index contributed by atoms with van der Waals surface area (Å²) in [6, 6.07) is 48.1. The SMILES string of the molecule is C\C=C/C(=C\C=C/CC1(O)c2ccccc2-c2ccccc21)c1ccc(-c2cccc(-c3cccc4c3C(C)(O)c3ccccc3-4)c2)cc1. The Bertz CT molecular complexity index is 2250. The Hall–Kier alpha value is -5.54. The van der Waals surface area contributed by atoms with E-state index in [4.69, 9.17) is 0 Å². The van der Waals surface area contributed by atoms with E-state index in [0.29, 0.717) is 6.42 Å². The molecule has 2 aliphatic rings. The van der Waals surface area contributed by atoms with Crippen LogP contribution in [0.5, 0.6) is 0 Å². The molecule has 2 nitrogen and oxygen atoms in total. The Labute approximate surface area is 288 Å². The normalized spacial score (nSPS) is 17.3. The first-order chi connectivity index (χ1) is 23.9. The van der Waals surface area contributed by atoms with Gasteiger partial charge in [0.1, 0.15) is 11.2 Å². The van der Waals surface area contributed by atoms with E-state index in [-0.39, 0.29) is 0 Å². The standard InChI is InChI=1S/C47H38O2/c1-3-14-32(15-10-11-30-47(49)43-24-8-5-18-38(43)39-19-6-9-25-44(39)47)33-26-28-34(29-27-33)35-16-12-17-36(31-35)37-21-13-22-41-40-20-4-7-23-42(40)46(2,48)45(37)41/h3-29,31,48-49H,30H2,1-2H3/b11-10-,14-3-,32-15+. The molecule has 1 atom stereocenters. The Balaban J connectivity index is 1.05. The van der Waals surface area contributed by atoms with E-state index in [2.05, 4.69) is 115 Å². The molecule has 0 aliphatic heterocycles. The molecule has 49 heavy (non-hydrogen) atoms. The van der Waals surface area contributed by atoms with Crippen LogP contribution in [0.1, 0.15) is 48.1 Å². The average Bonchev–Trinajstić information content (AvgIpc) is 3.54. The highest BCUT2D eigenvalue weighted by atomic mass is 16.3. The van der Waals surface area contributed by atoms with Gasteiger partial charge >= 0.3 is 0 Å². The summed E-state index contributed by atoms with van der Waals surface area (Å²) >= 11 is 0. The first-order valence-electron chi connectivity index (χ1n) is 17.0. The highest BCUT2D eigenvalue weighted by Crippen LogP contribution is 2.51. The molecule has 0 bridgehead atoms. The number of allylic oxidation sites excluding steroid dienone is 5. The fourth-order valence-corrected chi connectivity index (χ4v) is 7.90. The Morgan fingerprint density at radius 2 is 1.12 bits per heavy atom. The summed E-state index contributed by atoms with van der Waals surface area (Å²) in [4.78, 5) is 0. The van der Waals surface area contributed by atoms with Gasteiger partial charge in [0.15, 0.2) is 0 Å². The smallest absolute Gasteiger partial charge is 0.119 e. The molecule has 6 aromatic carbocycles. The third-order valence-corrected chi connectivity index (χ3v) is 10.2. The minimum Gasteiger partial charge on any atom is -0.381 e. The molecule has 2 heteroatoms. The van der Waals surface area contributed by atoms with E-state index >= 15 is 0 Å². The average molecular weight is 635 g/mol. The van der Waals surface area contributed by atoms with Gasteiger partial charge in [-0.2, -0.15) is 0 Å². The first kappa shape index (κ1) is 30.8. The summed E-state index contributed by atoms with van der Waals surface area (Å²) in [5, 5.41) is 23.7. The maximum absolute atomic E-state index is 11.9. The molecule has 0 aromatic heterocycles. The molecule has 2 N–H and O–H groups in total. The van der Waals surface area contributed by atoms with Gasteiger partial charge in [-0.25, -0.2) is 0 Å². The minimum atomic E-state index is -1.06. The third kappa shape index (κ3) is 5.12. The molecule has 0 saturated carbocycles. The van der Waals surface area contributed by atoms with E-state index < -0.39 is 11.2 Å². The lowest BCUT2D eigenvalue weighted by Crippen LogP contribution is -2.23. The molecule has 6 aromatic rings. The second-order valence-electron chi connectivity index (χ2n) is 13.2. The summed E-state index contributed by atoms with van der Waals surface area (Å²) < 4.78 is 0. The number of hydrogen-bond donors (Lipinski definition) is 2. The zero-order valence-electron chi connectivity index (χ0n) is 27.8. The Morgan fingerprint density at radius 3 is 1.80 bits per heavy atom. The van der Waals surface area contributed by atoms with Crippen molar-refractivity contribution < 1.29 is 10.2 Å². The Kier molecular flexibility index (Phi) is 7.64.